The van der Waals surface area contributed by atoms with Crippen LogP contribution in [0.1, 0.15) is 71.1 Å². The molecule has 2 fully saturated rings. The summed E-state index contributed by atoms with van der Waals surface area (Å²) < 4.78 is 6.02. The number of ether oxygens (including phenoxy) is 1. The van der Waals surface area contributed by atoms with Crippen molar-refractivity contribution < 1.29 is 4.74 Å². The second kappa shape index (κ2) is 8.34. The van der Waals surface area contributed by atoms with Gasteiger partial charge in [-0.25, -0.2) is 0 Å². The summed E-state index contributed by atoms with van der Waals surface area (Å²) in [5, 5.41) is 1.58. The second-order valence-electron chi connectivity index (χ2n) is 6.89. The lowest BCUT2D eigenvalue weighted by molar-refractivity contribution is 0.343. The maximum Gasteiger partial charge on any atom is 0.126 e. The van der Waals surface area contributed by atoms with Gasteiger partial charge in [0.2, 0.25) is 0 Å². The summed E-state index contributed by atoms with van der Waals surface area (Å²) >= 11 is 0. The minimum absolute atomic E-state index is 0.0494. The molecule has 1 aromatic carbocycles. The van der Waals surface area contributed by atoms with Crippen molar-refractivity contribution in [3.05, 3.63) is 24.3 Å². The van der Waals surface area contributed by atoms with E-state index in [-0.39, 0.29) is 7.92 Å². The molecule has 2 aliphatic carbocycles. The van der Waals surface area contributed by atoms with E-state index in [4.69, 9.17) is 4.74 Å². The maximum absolute atomic E-state index is 6.02. The van der Waals surface area contributed by atoms with E-state index in [1.165, 1.54) is 70.0 Å². The van der Waals surface area contributed by atoms with Gasteiger partial charge in [-0.3, -0.25) is 0 Å². The monoisotopic (exact) mass is 318 g/mol. The van der Waals surface area contributed by atoms with E-state index in [0.717, 1.165) is 17.9 Å². The maximum atomic E-state index is 6.02. The average molecular weight is 318 g/mol. The Balaban J connectivity index is 1.89. The Kier molecular flexibility index (Phi) is 6.19. The van der Waals surface area contributed by atoms with Gasteiger partial charge in [-0.15, -0.1) is 0 Å². The van der Waals surface area contributed by atoms with Crippen LogP contribution in [0.5, 0.6) is 5.75 Å². The normalized spacial score (nSPS) is 21.2. The molecule has 0 radical (unpaired) electrons. The van der Waals surface area contributed by atoms with Crippen molar-refractivity contribution >= 4 is 13.2 Å². The SMILES string of the molecule is CCOc1ccccc1P(C1CCCCC1)C1CCCCC1. The zero-order chi connectivity index (χ0) is 15.2. The Bertz CT molecular complexity index is 429. The van der Waals surface area contributed by atoms with Crippen LogP contribution in [-0.2, 0) is 0 Å². The fourth-order valence-electron chi connectivity index (χ4n) is 4.36. The van der Waals surface area contributed by atoms with Crippen LogP contribution in [-0.4, -0.2) is 17.9 Å². The van der Waals surface area contributed by atoms with Crippen LogP contribution >= 0.6 is 7.92 Å². The van der Waals surface area contributed by atoms with Crippen LogP contribution in [0, 0.1) is 0 Å². The third-order valence-electron chi connectivity index (χ3n) is 5.38. The van der Waals surface area contributed by atoms with Crippen molar-refractivity contribution in [2.45, 2.75) is 82.4 Å². The largest absolute Gasteiger partial charge is 0.493 e. The summed E-state index contributed by atoms with van der Waals surface area (Å²) in [6.45, 7) is 2.90. The summed E-state index contributed by atoms with van der Waals surface area (Å²) in [5.74, 6) is 1.19. The minimum Gasteiger partial charge on any atom is -0.493 e. The van der Waals surface area contributed by atoms with Crippen LogP contribution in [0.25, 0.3) is 0 Å². The van der Waals surface area contributed by atoms with E-state index < -0.39 is 0 Å². The highest BCUT2D eigenvalue weighted by molar-refractivity contribution is 7.67. The first-order valence-corrected chi connectivity index (χ1v) is 10.9. The van der Waals surface area contributed by atoms with E-state index in [2.05, 4.69) is 31.2 Å². The molecule has 0 heterocycles. The molecule has 0 spiro atoms. The van der Waals surface area contributed by atoms with Crippen LogP contribution in [0.3, 0.4) is 0 Å². The molecule has 0 amide bonds. The Morgan fingerprint density at radius 2 is 1.41 bits per heavy atom. The van der Waals surface area contributed by atoms with Gasteiger partial charge in [-0.05, 0) is 50.0 Å². The van der Waals surface area contributed by atoms with E-state index in [0.29, 0.717) is 0 Å². The Morgan fingerprint density at radius 1 is 0.864 bits per heavy atom. The first-order chi connectivity index (χ1) is 10.9. The van der Waals surface area contributed by atoms with Gasteiger partial charge in [0.25, 0.3) is 0 Å². The molecule has 0 unspecified atom stereocenters. The van der Waals surface area contributed by atoms with Crippen LogP contribution in [0.4, 0.5) is 0 Å². The van der Waals surface area contributed by atoms with Crippen molar-refractivity contribution in [1.82, 2.24) is 0 Å². The number of hydrogen-bond acceptors (Lipinski definition) is 1. The fraction of sp³-hybridized carbons (Fsp3) is 0.700. The molecule has 0 aromatic heterocycles. The molecule has 3 rings (SSSR count). The van der Waals surface area contributed by atoms with Gasteiger partial charge in [-0.1, -0.05) is 64.6 Å². The number of benzene rings is 1. The van der Waals surface area contributed by atoms with Crippen LogP contribution in [0.2, 0.25) is 0 Å². The first-order valence-electron chi connectivity index (χ1n) is 9.40. The molecule has 0 atom stereocenters. The Morgan fingerprint density at radius 3 is 1.95 bits per heavy atom. The molecular weight excluding hydrogens is 287 g/mol. The summed E-state index contributed by atoms with van der Waals surface area (Å²) in [4.78, 5) is 0. The third-order valence-corrected chi connectivity index (χ3v) is 8.91. The standard InChI is InChI=1S/C20H31OP/c1-2-21-19-15-9-10-16-20(19)22(17-11-5-3-6-12-17)18-13-7-4-8-14-18/h9-10,15-18H,2-8,11-14H2,1H3. The highest BCUT2D eigenvalue weighted by Gasteiger charge is 2.33. The molecule has 1 nitrogen and oxygen atoms in total. The molecule has 1 aromatic rings. The Hall–Kier alpha value is -0.550. The third kappa shape index (κ3) is 3.85. The van der Waals surface area contributed by atoms with Gasteiger partial charge >= 0.3 is 0 Å². The smallest absolute Gasteiger partial charge is 0.126 e. The average Bonchev–Trinajstić information content (AvgIpc) is 2.59. The summed E-state index contributed by atoms with van der Waals surface area (Å²) in [6.07, 6.45) is 14.6. The Labute approximate surface area is 137 Å². The topological polar surface area (TPSA) is 9.23 Å². The predicted octanol–water partition coefficient (Wildman–Crippen LogP) is 5.86. The lowest BCUT2D eigenvalue weighted by atomic mass is 9.99. The molecule has 0 saturated heterocycles. The quantitative estimate of drug-likeness (QED) is 0.618. The van der Waals surface area contributed by atoms with Crippen molar-refractivity contribution in [1.29, 1.82) is 0 Å². The number of rotatable bonds is 5. The molecular formula is C20H31OP. The fourth-order valence-corrected chi connectivity index (χ4v) is 8.24. The molecule has 122 valence electrons. The van der Waals surface area contributed by atoms with E-state index in [1.54, 1.807) is 5.30 Å². The van der Waals surface area contributed by atoms with Gasteiger partial charge in [0.05, 0.1) is 6.61 Å². The van der Waals surface area contributed by atoms with Gasteiger partial charge < -0.3 is 4.74 Å². The van der Waals surface area contributed by atoms with E-state index in [9.17, 15) is 0 Å². The molecule has 2 saturated carbocycles. The van der Waals surface area contributed by atoms with Gasteiger partial charge in [0.1, 0.15) is 5.75 Å². The summed E-state index contributed by atoms with van der Waals surface area (Å²) in [7, 11) is -0.0494. The summed E-state index contributed by atoms with van der Waals surface area (Å²) in [6, 6.07) is 8.97. The second-order valence-corrected chi connectivity index (χ2v) is 9.65. The lowest BCUT2D eigenvalue weighted by Crippen LogP contribution is -2.27. The van der Waals surface area contributed by atoms with Gasteiger partial charge in [0.15, 0.2) is 0 Å². The van der Waals surface area contributed by atoms with Crippen molar-refractivity contribution in [2.75, 3.05) is 6.61 Å². The first kappa shape index (κ1) is 16.3. The van der Waals surface area contributed by atoms with Gasteiger partial charge in [-0.2, -0.15) is 0 Å². The summed E-state index contributed by atoms with van der Waals surface area (Å²) in [5.41, 5.74) is 1.90. The molecule has 0 N–H and O–H groups in total. The molecule has 2 heteroatoms. The predicted molar refractivity (Wildman–Crippen MR) is 97.9 cm³/mol. The lowest BCUT2D eigenvalue weighted by Gasteiger charge is -2.39. The zero-order valence-corrected chi connectivity index (χ0v) is 15.0. The number of para-hydroxylation sites is 1. The van der Waals surface area contributed by atoms with Crippen LogP contribution < -0.4 is 10.0 Å². The van der Waals surface area contributed by atoms with Crippen LogP contribution in [0.15, 0.2) is 24.3 Å². The highest BCUT2D eigenvalue weighted by atomic mass is 31.1. The molecule has 0 aliphatic heterocycles. The molecule has 0 bridgehead atoms. The minimum atomic E-state index is -0.0494. The molecule has 22 heavy (non-hydrogen) atoms. The zero-order valence-electron chi connectivity index (χ0n) is 14.1. The number of hydrogen-bond donors (Lipinski definition) is 0. The highest BCUT2D eigenvalue weighted by Crippen LogP contribution is 2.56. The van der Waals surface area contributed by atoms with Gasteiger partial charge in [0, 0.05) is 5.30 Å². The van der Waals surface area contributed by atoms with Crippen molar-refractivity contribution in [3.8, 4) is 5.75 Å². The molecule has 2 aliphatic rings. The van der Waals surface area contributed by atoms with Crippen molar-refractivity contribution in [3.63, 3.8) is 0 Å². The van der Waals surface area contributed by atoms with Crippen molar-refractivity contribution in [2.24, 2.45) is 0 Å². The van der Waals surface area contributed by atoms with E-state index >= 15 is 0 Å². The van der Waals surface area contributed by atoms with E-state index in [1.807, 2.05) is 0 Å².